The monoisotopic (exact) mass is 270 g/mol. The summed E-state index contributed by atoms with van der Waals surface area (Å²) in [5, 5.41) is 8.60. The van der Waals surface area contributed by atoms with Gasteiger partial charge in [-0.05, 0) is 45.8 Å². The van der Waals surface area contributed by atoms with Crippen LogP contribution in [-0.4, -0.2) is 41.4 Å². The van der Waals surface area contributed by atoms with Gasteiger partial charge in [-0.25, -0.2) is 0 Å². The van der Waals surface area contributed by atoms with Crippen molar-refractivity contribution in [3.05, 3.63) is 16.4 Å². The van der Waals surface area contributed by atoms with Crippen molar-refractivity contribution in [1.82, 2.24) is 20.0 Å². The highest BCUT2D eigenvalue weighted by Gasteiger charge is 2.17. The van der Waals surface area contributed by atoms with Crippen molar-refractivity contribution in [3.8, 4) is 0 Å². The van der Waals surface area contributed by atoms with Crippen LogP contribution >= 0.6 is 11.6 Å². The molecular formula is C13H23ClN4. The molecule has 0 saturated carbocycles. The van der Waals surface area contributed by atoms with Gasteiger partial charge in [0.15, 0.2) is 0 Å². The third kappa shape index (κ3) is 3.25. The van der Waals surface area contributed by atoms with Crippen molar-refractivity contribution < 1.29 is 0 Å². The number of likely N-dealkylation sites (tertiary alicyclic amines) is 1. The van der Waals surface area contributed by atoms with Gasteiger partial charge in [-0.15, -0.1) is 0 Å². The van der Waals surface area contributed by atoms with Crippen molar-refractivity contribution in [2.24, 2.45) is 13.0 Å². The number of rotatable bonds is 4. The molecule has 0 aliphatic carbocycles. The molecule has 0 aromatic carbocycles. The van der Waals surface area contributed by atoms with E-state index >= 15 is 0 Å². The first-order valence-electron chi connectivity index (χ1n) is 6.65. The normalized spacial score (nSPS) is 21.4. The summed E-state index contributed by atoms with van der Waals surface area (Å²) in [5.74, 6) is 0.763. The van der Waals surface area contributed by atoms with Gasteiger partial charge < -0.3 is 10.2 Å². The highest BCUT2D eigenvalue weighted by Crippen LogP contribution is 2.19. The van der Waals surface area contributed by atoms with E-state index in [1.54, 1.807) is 4.68 Å². The summed E-state index contributed by atoms with van der Waals surface area (Å²) in [6.07, 6.45) is 2.65. The van der Waals surface area contributed by atoms with Crippen LogP contribution in [0.5, 0.6) is 0 Å². The molecule has 1 N–H and O–H groups in total. The Labute approximate surface area is 114 Å². The summed E-state index contributed by atoms with van der Waals surface area (Å²) in [5.41, 5.74) is 2.15. The number of nitrogens with one attached hydrogen (secondary N) is 1. The Hall–Kier alpha value is -0.580. The number of hydrogen-bond donors (Lipinski definition) is 1. The zero-order valence-corrected chi connectivity index (χ0v) is 12.3. The minimum Gasteiger partial charge on any atom is -0.312 e. The lowest BCUT2D eigenvalue weighted by Gasteiger charge is -2.29. The molecule has 1 aromatic heterocycles. The van der Waals surface area contributed by atoms with E-state index in [0.717, 1.165) is 35.4 Å². The number of nitrogens with zero attached hydrogens (tertiary/aromatic N) is 3. The van der Waals surface area contributed by atoms with Crippen molar-refractivity contribution in [1.29, 1.82) is 0 Å². The number of halogens is 1. The molecule has 1 atom stereocenters. The summed E-state index contributed by atoms with van der Waals surface area (Å²) in [7, 11) is 4.09. The Bertz CT molecular complexity index is 402. The Balaban J connectivity index is 1.81. The fourth-order valence-electron chi connectivity index (χ4n) is 2.72. The molecule has 1 fully saturated rings. The molecule has 0 amide bonds. The summed E-state index contributed by atoms with van der Waals surface area (Å²) >= 11 is 6.21. The van der Waals surface area contributed by atoms with E-state index in [2.05, 4.69) is 22.4 Å². The molecule has 102 valence electrons. The molecule has 0 bridgehead atoms. The van der Waals surface area contributed by atoms with Gasteiger partial charge in [-0.3, -0.25) is 4.68 Å². The molecule has 4 nitrogen and oxygen atoms in total. The molecule has 0 radical (unpaired) electrons. The van der Waals surface area contributed by atoms with E-state index in [4.69, 9.17) is 11.6 Å². The first kappa shape index (κ1) is 13.8. The van der Waals surface area contributed by atoms with Gasteiger partial charge in [0, 0.05) is 25.7 Å². The smallest absolute Gasteiger partial charge is 0.131 e. The minimum atomic E-state index is 0.751. The lowest BCUT2D eigenvalue weighted by molar-refractivity contribution is 0.206. The Morgan fingerprint density at radius 1 is 1.44 bits per heavy atom. The largest absolute Gasteiger partial charge is 0.312 e. The molecule has 1 aliphatic heterocycles. The molecular weight excluding hydrogens is 248 g/mol. The Morgan fingerprint density at radius 2 is 2.22 bits per heavy atom. The van der Waals surface area contributed by atoms with Crippen LogP contribution < -0.4 is 5.32 Å². The van der Waals surface area contributed by atoms with Crippen LogP contribution in [0.25, 0.3) is 0 Å². The third-order valence-corrected chi connectivity index (χ3v) is 4.20. The van der Waals surface area contributed by atoms with Crippen LogP contribution in [0.4, 0.5) is 0 Å². The second-order valence-electron chi connectivity index (χ2n) is 5.38. The molecule has 2 heterocycles. The predicted octanol–water partition coefficient (Wildman–Crippen LogP) is 1.81. The second-order valence-corrected chi connectivity index (χ2v) is 5.74. The summed E-state index contributed by atoms with van der Waals surface area (Å²) in [6.45, 7) is 6.34. The van der Waals surface area contributed by atoms with Crippen LogP contribution in [0.15, 0.2) is 0 Å². The SMILES string of the molecule is Cc1nn(C)c(Cl)c1CNCC1CCCN(C)C1. The summed E-state index contributed by atoms with van der Waals surface area (Å²) < 4.78 is 1.74. The molecule has 2 rings (SSSR count). The fourth-order valence-corrected chi connectivity index (χ4v) is 2.96. The molecule has 5 heteroatoms. The highest BCUT2D eigenvalue weighted by atomic mass is 35.5. The van der Waals surface area contributed by atoms with Gasteiger partial charge in [0.2, 0.25) is 0 Å². The van der Waals surface area contributed by atoms with Crippen LogP contribution in [-0.2, 0) is 13.6 Å². The number of piperidine rings is 1. The lowest BCUT2D eigenvalue weighted by Crippen LogP contribution is -2.37. The topological polar surface area (TPSA) is 33.1 Å². The van der Waals surface area contributed by atoms with Crippen LogP contribution in [0, 0.1) is 12.8 Å². The molecule has 1 aromatic rings. The van der Waals surface area contributed by atoms with Crippen molar-refractivity contribution in [2.45, 2.75) is 26.3 Å². The number of aryl methyl sites for hydroxylation is 2. The quantitative estimate of drug-likeness (QED) is 0.906. The highest BCUT2D eigenvalue weighted by molar-refractivity contribution is 6.30. The van der Waals surface area contributed by atoms with Crippen molar-refractivity contribution in [3.63, 3.8) is 0 Å². The Morgan fingerprint density at radius 3 is 2.83 bits per heavy atom. The second kappa shape index (κ2) is 6.04. The van der Waals surface area contributed by atoms with Crippen LogP contribution in [0.1, 0.15) is 24.1 Å². The maximum absolute atomic E-state index is 6.21. The van der Waals surface area contributed by atoms with E-state index in [1.165, 1.54) is 25.9 Å². The van der Waals surface area contributed by atoms with Crippen molar-refractivity contribution >= 4 is 11.6 Å². The van der Waals surface area contributed by atoms with Gasteiger partial charge >= 0.3 is 0 Å². The molecule has 1 aliphatic rings. The maximum atomic E-state index is 6.21. The first-order chi connectivity index (χ1) is 8.58. The number of aromatic nitrogens is 2. The number of hydrogen-bond acceptors (Lipinski definition) is 3. The molecule has 0 spiro atoms. The third-order valence-electron chi connectivity index (χ3n) is 3.73. The van der Waals surface area contributed by atoms with Gasteiger partial charge in [0.05, 0.1) is 5.69 Å². The average Bonchev–Trinajstić information content (AvgIpc) is 2.56. The van der Waals surface area contributed by atoms with Crippen LogP contribution in [0.2, 0.25) is 5.15 Å². The fraction of sp³-hybridized carbons (Fsp3) is 0.769. The zero-order chi connectivity index (χ0) is 13.1. The summed E-state index contributed by atoms with van der Waals surface area (Å²) in [6, 6.07) is 0. The molecule has 1 unspecified atom stereocenters. The summed E-state index contributed by atoms with van der Waals surface area (Å²) in [4.78, 5) is 2.41. The van der Waals surface area contributed by atoms with E-state index in [0.29, 0.717) is 0 Å². The molecule has 1 saturated heterocycles. The van der Waals surface area contributed by atoms with Gasteiger partial charge in [-0.2, -0.15) is 5.10 Å². The van der Waals surface area contributed by atoms with Gasteiger partial charge in [-0.1, -0.05) is 11.6 Å². The van der Waals surface area contributed by atoms with E-state index in [-0.39, 0.29) is 0 Å². The van der Waals surface area contributed by atoms with Gasteiger partial charge in [0.1, 0.15) is 5.15 Å². The minimum absolute atomic E-state index is 0.751. The predicted molar refractivity (Wildman–Crippen MR) is 74.9 cm³/mol. The zero-order valence-electron chi connectivity index (χ0n) is 11.5. The van der Waals surface area contributed by atoms with Crippen LogP contribution in [0.3, 0.4) is 0 Å². The van der Waals surface area contributed by atoms with Crippen molar-refractivity contribution in [2.75, 3.05) is 26.7 Å². The van der Waals surface area contributed by atoms with E-state index in [9.17, 15) is 0 Å². The molecule has 18 heavy (non-hydrogen) atoms. The lowest BCUT2D eigenvalue weighted by atomic mass is 9.98. The maximum Gasteiger partial charge on any atom is 0.131 e. The van der Waals surface area contributed by atoms with E-state index < -0.39 is 0 Å². The van der Waals surface area contributed by atoms with E-state index in [1.807, 2.05) is 14.0 Å². The first-order valence-corrected chi connectivity index (χ1v) is 7.03. The average molecular weight is 271 g/mol. The Kier molecular flexibility index (Phi) is 4.65. The van der Waals surface area contributed by atoms with Gasteiger partial charge in [0.25, 0.3) is 0 Å². The standard InChI is InChI=1S/C13H23ClN4/c1-10-12(13(14)18(3)16-10)8-15-7-11-5-4-6-17(2)9-11/h11,15H,4-9H2,1-3H3.